The Morgan fingerprint density at radius 1 is 0.538 bits per heavy atom. The summed E-state index contributed by atoms with van der Waals surface area (Å²) >= 11 is 0. The van der Waals surface area contributed by atoms with E-state index in [2.05, 4.69) is 57.5 Å². The van der Waals surface area contributed by atoms with Crippen molar-refractivity contribution in [3.8, 4) is 0 Å². The van der Waals surface area contributed by atoms with E-state index in [-0.39, 0.29) is 0 Å². The highest BCUT2D eigenvalue weighted by Gasteiger charge is 2.32. The van der Waals surface area contributed by atoms with Gasteiger partial charge in [-0.25, -0.2) is 0 Å². The van der Waals surface area contributed by atoms with Crippen LogP contribution in [0, 0.1) is 0 Å². The van der Waals surface area contributed by atoms with Crippen LogP contribution in [0.3, 0.4) is 0 Å². The molecular formula is C30H54O6Si3. The number of epoxide rings is 3. The van der Waals surface area contributed by atoms with Crippen molar-refractivity contribution in [1.29, 1.82) is 0 Å². The summed E-state index contributed by atoms with van der Waals surface area (Å²) in [6.07, 6.45) is 4.47. The summed E-state index contributed by atoms with van der Waals surface area (Å²) in [6.45, 7) is 22.8. The van der Waals surface area contributed by atoms with Crippen LogP contribution in [0.2, 0.25) is 57.4 Å². The first kappa shape index (κ1) is 31.6. The average Bonchev–Trinajstić information content (AvgIpc) is 3.73. The predicted molar refractivity (Wildman–Crippen MR) is 168 cm³/mol. The average molecular weight is 595 g/mol. The molecule has 6 nitrogen and oxygen atoms in total. The van der Waals surface area contributed by atoms with Crippen LogP contribution in [0.5, 0.6) is 0 Å². The molecule has 0 amide bonds. The van der Waals surface area contributed by atoms with Crippen LogP contribution in [0.1, 0.15) is 19.3 Å². The second-order valence-corrected chi connectivity index (χ2v) is 28.4. The molecule has 1 aromatic rings. The van der Waals surface area contributed by atoms with Crippen LogP contribution in [-0.2, 0) is 28.4 Å². The van der Waals surface area contributed by atoms with Crippen molar-refractivity contribution in [2.24, 2.45) is 0 Å². The maximum Gasteiger partial charge on any atom is 0.104 e. The first-order chi connectivity index (χ1) is 18.6. The lowest BCUT2D eigenvalue weighted by molar-refractivity contribution is 0.117. The number of hydrogen-bond acceptors (Lipinski definition) is 6. The number of hydrogen-bond donors (Lipinski definition) is 0. The fourth-order valence-electron chi connectivity index (χ4n) is 5.22. The van der Waals surface area contributed by atoms with Gasteiger partial charge in [0.2, 0.25) is 0 Å². The lowest BCUT2D eigenvalue weighted by Gasteiger charge is -2.32. The summed E-state index contributed by atoms with van der Waals surface area (Å²) in [7, 11) is -4.81. The maximum atomic E-state index is 5.88. The molecule has 9 heteroatoms. The fourth-order valence-corrected chi connectivity index (χ4v) is 12.9. The Kier molecular flexibility index (Phi) is 11.5. The Bertz CT molecular complexity index is 770. The largest absolute Gasteiger partial charge is 0.379 e. The minimum absolute atomic E-state index is 0.355. The van der Waals surface area contributed by atoms with Crippen molar-refractivity contribution in [3.05, 3.63) is 18.2 Å². The molecule has 3 atom stereocenters. The summed E-state index contributed by atoms with van der Waals surface area (Å²) < 4.78 is 33.5. The van der Waals surface area contributed by atoms with Crippen molar-refractivity contribution in [3.63, 3.8) is 0 Å². The summed E-state index contributed by atoms with van der Waals surface area (Å²) in [4.78, 5) is 0. The molecule has 3 heterocycles. The van der Waals surface area contributed by atoms with E-state index in [1.165, 1.54) is 18.1 Å². The van der Waals surface area contributed by atoms with Crippen molar-refractivity contribution in [2.75, 3.05) is 59.5 Å². The molecule has 3 unspecified atom stereocenters. The van der Waals surface area contributed by atoms with Crippen molar-refractivity contribution >= 4 is 39.8 Å². The van der Waals surface area contributed by atoms with Crippen LogP contribution >= 0.6 is 0 Å². The van der Waals surface area contributed by atoms with E-state index in [1.807, 2.05) is 0 Å². The van der Waals surface area contributed by atoms with Crippen molar-refractivity contribution < 1.29 is 28.4 Å². The Hall–Kier alpha value is -0.369. The Labute approximate surface area is 240 Å². The van der Waals surface area contributed by atoms with E-state index in [0.717, 1.165) is 78.7 Å². The Morgan fingerprint density at radius 3 is 1.03 bits per heavy atom. The van der Waals surface area contributed by atoms with Gasteiger partial charge in [-0.15, -0.1) is 0 Å². The molecule has 222 valence electrons. The normalized spacial score (nSPS) is 22.8. The first-order valence-corrected chi connectivity index (χ1v) is 24.9. The molecule has 3 fully saturated rings. The molecule has 1 aromatic carbocycles. The van der Waals surface area contributed by atoms with Crippen LogP contribution < -0.4 is 15.6 Å². The van der Waals surface area contributed by atoms with E-state index in [1.54, 1.807) is 15.6 Å². The van der Waals surface area contributed by atoms with Crippen LogP contribution in [0.25, 0.3) is 0 Å². The van der Waals surface area contributed by atoms with Gasteiger partial charge in [-0.2, -0.15) is 0 Å². The zero-order valence-electron chi connectivity index (χ0n) is 25.5. The van der Waals surface area contributed by atoms with Gasteiger partial charge in [0.15, 0.2) is 0 Å². The molecule has 39 heavy (non-hydrogen) atoms. The highest BCUT2D eigenvalue weighted by Crippen LogP contribution is 2.20. The second kappa shape index (κ2) is 14.2. The molecule has 0 aliphatic carbocycles. The zero-order valence-corrected chi connectivity index (χ0v) is 28.5. The number of rotatable bonds is 21. The van der Waals surface area contributed by atoms with Gasteiger partial charge in [0.1, 0.15) is 18.3 Å². The second-order valence-electron chi connectivity index (χ2n) is 13.9. The van der Waals surface area contributed by atoms with Gasteiger partial charge in [0.25, 0.3) is 0 Å². The third-order valence-corrected chi connectivity index (χ3v) is 19.0. The fraction of sp³-hybridized carbons (Fsp3) is 0.800. The molecule has 0 aromatic heterocycles. The van der Waals surface area contributed by atoms with Gasteiger partial charge in [-0.3, -0.25) is 0 Å². The molecule has 3 aliphatic heterocycles. The van der Waals surface area contributed by atoms with Gasteiger partial charge in [-0.1, -0.05) is 91.2 Å². The number of ether oxygens (including phenoxy) is 6. The third kappa shape index (κ3) is 11.1. The van der Waals surface area contributed by atoms with E-state index in [9.17, 15) is 0 Å². The molecule has 0 spiro atoms. The first-order valence-electron chi connectivity index (χ1n) is 15.3. The van der Waals surface area contributed by atoms with Gasteiger partial charge in [0, 0.05) is 19.8 Å². The quantitative estimate of drug-likeness (QED) is 0.122. The molecule has 4 rings (SSSR count). The lowest BCUT2D eigenvalue weighted by Crippen LogP contribution is -2.54. The van der Waals surface area contributed by atoms with Crippen LogP contribution in [0.4, 0.5) is 0 Å². The van der Waals surface area contributed by atoms with E-state index in [0.29, 0.717) is 18.3 Å². The van der Waals surface area contributed by atoms with E-state index in [4.69, 9.17) is 28.4 Å². The Balaban J connectivity index is 1.41. The van der Waals surface area contributed by atoms with Gasteiger partial charge < -0.3 is 28.4 Å². The monoisotopic (exact) mass is 594 g/mol. The molecule has 0 N–H and O–H groups in total. The number of benzene rings is 1. The lowest BCUT2D eigenvalue weighted by atomic mass is 10.3. The predicted octanol–water partition coefficient (Wildman–Crippen LogP) is 3.85. The highest BCUT2D eigenvalue weighted by molar-refractivity contribution is 6.95. The smallest absolute Gasteiger partial charge is 0.104 e. The summed E-state index contributed by atoms with van der Waals surface area (Å²) in [6, 6.07) is 11.7. The summed E-state index contributed by atoms with van der Waals surface area (Å²) in [5, 5.41) is 4.93. The zero-order chi connectivity index (χ0) is 27.9. The van der Waals surface area contributed by atoms with Gasteiger partial charge in [-0.05, 0) is 19.3 Å². The Morgan fingerprint density at radius 2 is 0.795 bits per heavy atom. The minimum atomic E-state index is -1.60. The molecule has 3 aliphatic rings. The summed E-state index contributed by atoms with van der Waals surface area (Å²) in [5.41, 5.74) is 0. The van der Waals surface area contributed by atoms with E-state index >= 15 is 0 Å². The van der Waals surface area contributed by atoms with Gasteiger partial charge >= 0.3 is 0 Å². The molecule has 0 radical (unpaired) electrons. The molecule has 3 saturated heterocycles. The summed E-state index contributed by atoms with van der Waals surface area (Å²) in [5.74, 6) is 0. The minimum Gasteiger partial charge on any atom is -0.379 e. The van der Waals surface area contributed by atoms with Crippen LogP contribution in [-0.4, -0.2) is 102 Å². The SMILES string of the molecule is C[Si](C)(CCCOCC1CO1)c1cc([Si](C)(C)CCCOCC2CO2)cc([Si](C)(C)CCCOCC2CO2)c1. The molecule has 0 bridgehead atoms. The van der Waals surface area contributed by atoms with Crippen molar-refractivity contribution in [1.82, 2.24) is 0 Å². The molecular weight excluding hydrogens is 541 g/mol. The van der Waals surface area contributed by atoms with Gasteiger partial charge in [0.05, 0.1) is 63.9 Å². The molecule has 0 saturated carbocycles. The third-order valence-electron chi connectivity index (χ3n) is 8.67. The maximum absolute atomic E-state index is 5.88. The van der Waals surface area contributed by atoms with E-state index < -0.39 is 24.2 Å². The van der Waals surface area contributed by atoms with Crippen molar-refractivity contribution in [2.45, 2.75) is 95.0 Å². The topological polar surface area (TPSA) is 65.3 Å². The standard InChI is InChI=1S/C30H54O6Si3/c1-37(2,13-7-10-31-19-25-22-34-25)28-16-29(38(3,4)14-8-11-32-20-26-23-35-26)18-30(17-28)39(5,6)15-9-12-33-21-27-24-36-27/h16-18,25-27H,7-15,19-24H2,1-6H3. The van der Waals surface area contributed by atoms with Crippen LogP contribution in [0.15, 0.2) is 18.2 Å². The highest BCUT2D eigenvalue weighted by atomic mass is 28.3.